The summed E-state index contributed by atoms with van der Waals surface area (Å²) in [5.41, 5.74) is 1.34. The van der Waals surface area contributed by atoms with Gasteiger partial charge in [0.05, 0.1) is 13.0 Å². The first-order valence-electron chi connectivity index (χ1n) is 4.82. The Labute approximate surface area is 91.7 Å². The van der Waals surface area contributed by atoms with E-state index in [1.807, 2.05) is 12.1 Å². The third-order valence-electron chi connectivity index (χ3n) is 2.02. The van der Waals surface area contributed by atoms with Crippen LogP contribution in [0.4, 0.5) is 0 Å². The van der Waals surface area contributed by atoms with Crippen LogP contribution in [0.5, 0.6) is 0 Å². The number of aromatic nitrogens is 3. The molecule has 6 heteroatoms. The molecule has 1 aromatic heterocycles. The van der Waals surface area contributed by atoms with Gasteiger partial charge in [-0.25, -0.2) is 4.79 Å². The molecule has 0 aliphatic rings. The minimum Gasteiger partial charge on any atom is -0.384 e. The lowest BCUT2D eigenvalue weighted by Gasteiger charge is -2.02. The molecule has 1 aromatic carbocycles. The SMILES string of the molecule is COCCC(=O)On1nnc2ccccc21. The van der Waals surface area contributed by atoms with Crippen LogP contribution in [0.2, 0.25) is 0 Å². The lowest BCUT2D eigenvalue weighted by atomic mass is 10.3. The predicted octanol–water partition coefficient (Wildman–Crippen LogP) is 0.423. The number of carbonyl (C=O) groups is 1. The maximum absolute atomic E-state index is 11.3. The van der Waals surface area contributed by atoms with Crippen molar-refractivity contribution in [2.24, 2.45) is 0 Å². The van der Waals surface area contributed by atoms with Gasteiger partial charge < -0.3 is 9.57 Å². The Hall–Kier alpha value is -1.95. The van der Waals surface area contributed by atoms with Crippen molar-refractivity contribution in [3.8, 4) is 0 Å². The van der Waals surface area contributed by atoms with Crippen molar-refractivity contribution in [2.45, 2.75) is 6.42 Å². The number of carbonyl (C=O) groups excluding carboxylic acids is 1. The highest BCUT2D eigenvalue weighted by atomic mass is 16.7. The van der Waals surface area contributed by atoms with Crippen molar-refractivity contribution < 1.29 is 14.4 Å². The van der Waals surface area contributed by atoms with Gasteiger partial charge in [0.25, 0.3) is 0 Å². The highest BCUT2D eigenvalue weighted by Crippen LogP contribution is 2.08. The Morgan fingerprint density at radius 3 is 3.06 bits per heavy atom. The Kier molecular flexibility index (Phi) is 3.11. The number of rotatable bonds is 4. The predicted molar refractivity (Wildman–Crippen MR) is 55.6 cm³/mol. The minimum absolute atomic E-state index is 0.185. The van der Waals surface area contributed by atoms with Gasteiger partial charge in [0.1, 0.15) is 11.0 Å². The van der Waals surface area contributed by atoms with E-state index in [9.17, 15) is 4.79 Å². The fraction of sp³-hybridized carbons (Fsp3) is 0.300. The van der Waals surface area contributed by atoms with Crippen LogP contribution in [0, 0.1) is 0 Å². The van der Waals surface area contributed by atoms with Crippen LogP contribution < -0.4 is 4.84 Å². The molecule has 0 bridgehead atoms. The molecule has 84 valence electrons. The molecule has 0 saturated heterocycles. The topological polar surface area (TPSA) is 66.2 Å². The van der Waals surface area contributed by atoms with Gasteiger partial charge in [0.15, 0.2) is 0 Å². The van der Waals surface area contributed by atoms with Gasteiger partial charge in [-0.05, 0) is 17.3 Å². The summed E-state index contributed by atoms with van der Waals surface area (Å²) in [5, 5.41) is 7.58. The normalized spacial score (nSPS) is 10.6. The lowest BCUT2D eigenvalue weighted by Crippen LogP contribution is -2.21. The van der Waals surface area contributed by atoms with Gasteiger partial charge in [-0.15, -0.1) is 5.10 Å². The summed E-state index contributed by atoms with van der Waals surface area (Å²) in [6.07, 6.45) is 0.185. The molecule has 0 atom stereocenters. The molecule has 0 radical (unpaired) electrons. The number of benzene rings is 1. The zero-order valence-electron chi connectivity index (χ0n) is 8.79. The first-order chi connectivity index (χ1) is 7.81. The summed E-state index contributed by atoms with van der Waals surface area (Å²) in [4.78, 5) is 17.4. The summed E-state index contributed by atoms with van der Waals surface area (Å²) in [6, 6.07) is 7.24. The van der Waals surface area contributed by atoms with Crippen LogP contribution in [0.1, 0.15) is 6.42 Å². The van der Waals surface area contributed by atoms with E-state index in [4.69, 9.17) is 9.57 Å². The van der Waals surface area contributed by atoms with Gasteiger partial charge in [-0.2, -0.15) is 0 Å². The average molecular weight is 221 g/mol. The molecule has 1 heterocycles. The minimum atomic E-state index is -0.405. The second-order valence-corrected chi connectivity index (χ2v) is 3.16. The number of nitrogens with zero attached hydrogens (tertiary/aromatic N) is 3. The van der Waals surface area contributed by atoms with Crippen molar-refractivity contribution in [1.82, 2.24) is 15.2 Å². The second kappa shape index (κ2) is 4.71. The molecule has 0 N–H and O–H groups in total. The molecule has 6 nitrogen and oxygen atoms in total. The fourth-order valence-corrected chi connectivity index (χ4v) is 1.24. The summed E-state index contributed by atoms with van der Waals surface area (Å²) in [7, 11) is 1.53. The van der Waals surface area contributed by atoms with E-state index in [-0.39, 0.29) is 6.42 Å². The molecule has 0 spiro atoms. The lowest BCUT2D eigenvalue weighted by molar-refractivity contribution is -0.146. The summed E-state index contributed by atoms with van der Waals surface area (Å²) in [5.74, 6) is -0.405. The van der Waals surface area contributed by atoms with Crippen LogP contribution in [0.3, 0.4) is 0 Å². The Morgan fingerprint density at radius 1 is 1.44 bits per heavy atom. The molecule has 16 heavy (non-hydrogen) atoms. The molecule has 0 aliphatic carbocycles. The maximum atomic E-state index is 11.3. The standard InChI is InChI=1S/C10H11N3O3/c1-15-7-6-10(14)16-13-9-5-3-2-4-8(9)11-12-13/h2-5H,6-7H2,1H3. The average Bonchev–Trinajstić information content (AvgIpc) is 2.70. The van der Waals surface area contributed by atoms with Gasteiger partial charge in [0, 0.05) is 7.11 Å². The van der Waals surface area contributed by atoms with E-state index in [1.54, 1.807) is 12.1 Å². The number of ether oxygens (including phenoxy) is 1. The van der Waals surface area contributed by atoms with Gasteiger partial charge in [-0.1, -0.05) is 17.0 Å². The molecule has 0 amide bonds. The maximum Gasteiger partial charge on any atom is 0.337 e. The molecule has 0 aliphatic heterocycles. The van der Waals surface area contributed by atoms with Crippen LogP contribution in [-0.4, -0.2) is 34.8 Å². The van der Waals surface area contributed by atoms with E-state index in [0.29, 0.717) is 17.6 Å². The third-order valence-corrected chi connectivity index (χ3v) is 2.02. The van der Waals surface area contributed by atoms with E-state index < -0.39 is 5.97 Å². The van der Waals surface area contributed by atoms with Crippen molar-refractivity contribution >= 4 is 17.0 Å². The van der Waals surface area contributed by atoms with E-state index in [0.717, 1.165) is 4.85 Å². The van der Waals surface area contributed by atoms with Crippen molar-refractivity contribution in [3.63, 3.8) is 0 Å². The molecular weight excluding hydrogens is 210 g/mol. The second-order valence-electron chi connectivity index (χ2n) is 3.16. The van der Waals surface area contributed by atoms with Crippen molar-refractivity contribution in [2.75, 3.05) is 13.7 Å². The number of methoxy groups -OCH3 is 1. The first kappa shape index (κ1) is 10.6. The summed E-state index contributed by atoms with van der Waals surface area (Å²) in [6.45, 7) is 0.325. The highest BCUT2D eigenvalue weighted by Gasteiger charge is 2.09. The third kappa shape index (κ3) is 2.17. The Morgan fingerprint density at radius 2 is 2.25 bits per heavy atom. The van der Waals surface area contributed by atoms with Crippen LogP contribution >= 0.6 is 0 Å². The quantitative estimate of drug-likeness (QED) is 0.700. The Balaban J connectivity index is 2.12. The Bertz CT molecular complexity index is 495. The van der Waals surface area contributed by atoms with Crippen LogP contribution in [-0.2, 0) is 9.53 Å². The van der Waals surface area contributed by atoms with Gasteiger partial charge in [0.2, 0.25) is 0 Å². The van der Waals surface area contributed by atoms with E-state index in [2.05, 4.69) is 10.3 Å². The number of para-hydroxylation sites is 1. The van der Waals surface area contributed by atoms with Gasteiger partial charge >= 0.3 is 5.97 Å². The zero-order valence-corrected chi connectivity index (χ0v) is 8.79. The molecule has 2 aromatic rings. The largest absolute Gasteiger partial charge is 0.384 e. The van der Waals surface area contributed by atoms with Crippen molar-refractivity contribution in [1.29, 1.82) is 0 Å². The molecule has 2 rings (SSSR count). The smallest absolute Gasteiger partial charge is 0.337 e. The molecule has 0 fully saturated rings. The number of fused-ring (bicyclic) bond motifs is 1. The van der Waals surface area contributed by atoms with Crippen molar-refractivity contribution in [3.05, 3.63) is 24.3 Å². The van der Waals surface area contributed by atoms with E-state index >= 15 is 0 Å². The molecule has 0 unspecified atom stereocenters. The molecular formula is C10H11N3O3. The fourth-order valence-electron chi connectivity index (χ4n) is 1.24. The summed E-state index contributed by atoms with van der Waals surface area (Å²) >= 11 is 0. The van der Waals surface area contributed by atoms with Crippen LogP contribution in [0.15, 0.2) is 24.3 Å². The number of hydrogen-bond donors (Lipinski definition) is 0. The monoisotopic (exact) mass is 221 g/mol. The van der Waals surface area contributed by atoms with Crippen LogP contribution in [0.25, 0.3) is 11.0 Å². The first-order valence-corrected chi connectivity index (χ1v) is 4.82. The molecule has 0 saturated carbocycles. The number of hydrogen-bond acceptors (Lipinski definition) is 5. The zero-order chi connectivity index (χ0) is 11.4. The summed E-state index contributed by atoms with van der Waals surface area (Å²) < 4.78 is 4.77. The van der Waals surface area contributed by atoms with Gasteiger partial charge in [-0.3, -0.25) is 0 Å². The van der Waals surface area contributed by atoms with E-state index in [1.165, 1.54) is 7.11 Å². The highest BCUT2D eigenvalue weighted by molar-refractivity contribution is 5.75.